The first-order chi connectivity index (χ1) is 8.60. The van der Waals surface area contributed by atoms with Gasteiger partial charge in [0.2, 0.25) is 0 Å². The van der Waals surface area contributed by atoms with Crippen LogP contribution in [-0.4, -0.2) is 18.9 Å². The number of carbonyl (C=O) groups is 2. The molecule has 1 atom stereocenters. The van der Waals surface area contributed by atoms with E-state index in [0.29, 0.717) is 6.42 Å². The summed E-state index contributed by atoms with van der Waals surface area (Å²) in [7, 11) is 1.39. The minimum Gasteiger partial charge on any atom is -0.469 e. The first kappa shape index (κ1) is 16.2. The predicted molar refractivity (Wildman–Crippen MR) is 71.8 cm³/mol. The Morgan fingerprint density at radius 1 is 1.39 bits per heavy atom. The van der Waals surface area contributed by atoms with Crippen LogP contribution in [-0.2, 0) is 14.3 Å². The van der Waals surface area contributed by atoms with Crippen LogP contribution in [0.2, 0.25) is 0 Å². The molecule has 0 bridgehead atoms. The summed E-state index contributed by atoms with van der Waals surface area (Å²) < 4.78 is 4.58. The number of ether oxygens (including phenoxy) is 1. The van der Waals surface area contributed by atoms with Gasteiger partial charge in [-0.15, -0.1) is 0 Å². The van der Waals surface area contributed by atoms with Crippen molar-refractivity contribution in [3.05, 3.63) is 24.3 Å². The minimum absolute atomic E-state index is 0.0161. The maximum absolute atomic E-state index is 11.0. The number of rotatable bonds is 6. The van der Waals surface area contributed by atoms with Gasteiger partial charge < -0.3 is 4.74 Å². The van der Waals surface area contributed by atoms with E-state index < -0.39 is 0 Å². The lowest BCUT2D eigenvalue weighted by molar-refractivity contribution is -0.140. The third kappa shape index (κ3) is 9.41. The van der Waals surface area contributed by atoms with Crippen molar-refractivity contribution < 1.29 is 14.3 Å². The van der Waals surface area contributed by atoms with E-state index in [1.165, 1.54) is 20.1 Å². The number of hydrogen-bond donors (Lipinski definition) is 0. The van der Waals surface area contributed by atoms with E-state index in [4.69, 9.17) is 0 Å². The highest BCUT2D eigenvalue weighted by atomic mass is 16.5. The molecule has 0 aromatic heterocycles. The molecule has 0 aliphatic heterocycles. The molecule has 0 saturated carbocycles. The van der Waals surface area contributed by atoms with Crippen molar-refractivity contribution in [1.82, 2.24) is 0 Å². The largest absolute Gasteiger partial charge is 0.469 e. The molecule has 0 aliphatic rings. The summed E-state index contributed by atoms with van der Waals surface area (Å²) in [5.74, 6) is 5.77. The maximum atomic E-state index is 11.0. The van der Waals surface area contributed by atoms with Crippen LogP contribution in [0.1, 0.15) is 33.1 Å². The first-order valence-corrected chi connectivity index (χ1v) is 5.98. The molecule has 0 rings (SSSR count). The molecule has 0 saturated heterocycles. The fourth-order valence-corrected chi connectivity index (χ4v) is 1.33. The molecule has 3 heteroatoms. The van der Waals surface area contributed by atoms with Crippen molar-refractivity contribution in [2.45, 2.75) is 33.1 Å². The van der Waals surface area contributed by atoms with E-state index >= 15 is 0 Å². The third-order valence-electron chi connectivity index (χ3n) is 2.22. The van der Waals surface area contributed by atoms with Crippen molar-refractivity contribution in [2.75, 3.05) is 7.11 Å². The fourth-order valence-electron chi connectivity index (χ4n) is 1.33. The van der Waals surface area contributed by atoms with E-state index in [1.54, 1.807) is 6.08 Å². The molecule has 0 aromatic rings. The van der Waals surface area contributed by atoms with E-state index in [1.807, 2.05) is 19.1 Å². The minimum atomic E-state index is -0.196. The highest BCUT2D eigenvalue weighted by Crippen LogP contribution is 2.09. The zero-order valence-corrected chi connectivity index (χ0v) is 11.2. The van der Waals surface area contributed by atoms with Gasteiger partial charge in [0, 0.05) is 12.3 Å². The van der Waals surface area contributed by atoms with Gasteiger partial charge in [0.15, 0.2) is 5.78 Å². The Balaban J connectivity index is 4.22. The number of carbonyl (C=O) groups excluding carboxylic acids is 2. The number of ketones is 1. The monoisotopic (exact) mass is 248 g/mol. The van der Waals surface area contributed by atoms with Crippen LogP contribution in [0.5, 0.6) is 0 Å². The molecule has 18 heavy (non-hydrogen) atoms. The van der Waals surface area contributed by atoms with Gasteiger partial charge in [-0.2, -0.15) is 0 Å². The van der Waals surface area contributed by atoms with E-state index in [9.17, 15) is 9.59 Å². The molecule has 0 fully saturated rings. The quantitative estimate of drug-likeness (QED) is 0.314. The summed E-state index contributed by atoms with van der Waals surface area (Å²) in [5, 5.41) is 0. The normalized spacial score (nSPS) is 12.2. The number of methoxy groups -OCH3 is 1. The number of hydrogen-bond acceptors (Lipinski definition) is 3. The van der Waals surface area contributed by atoms with Gasteiger partial charge in [-0.1, -0.05) is 24.0 Å². The summed E-state index contributed by atoms with van der Waals surface area (Å²) in [4.78, 5) is 21.6. The van der Waals surface area contributed by atoms with Crippen LogP contribution in [0, 0.1) is 17.8 Å². The maximum Gasteiger partial charge on any atom is 0.305 e. The molecule has 0 spiro atoms. The lowest BCUT2D eigenvalue weighted by Crippen LogP contribution is -2.01. The summed E-state index contributed by atoms with van der Waals surface area (Å²) in [6.07, 6.45) is 8.88. The molecule has 98 valence electrons. The number of esters is 1. The molecule has 0 aliphatic carbocycles. The Labute approximate surface area is 109 Å². The average molecular weight is 248 g/mol. The van der Waals surface area contributed by atoms with Crippen molar-refractivity contribution in [1.29, 1.82) is 0 Å². The standard InChI is InChI=1S/C15H20O3/c1-4-8-14(10-6-5-9-13(2)16)11-7-12-15(17)18-3/h4-5,8-9,14H,7,11-12H2,1-3H3. The fraction of sp³-hybridized carbons (Fsp3) is 0.467. The van der Waals surface area contributed by atoms with Gasteiger partial charge in [-0.3, -0.25) is 9.59 Å². The van der Waals surface area contributed by atoms with Crippen LogP contribution < -0.4 is 0 Å². The van der Waals surface area contributed by atoms with E-state index in [0.717, 1.165) is 12.8 Å². The van der Waals surface area contributed by atoms with Crippen LogP contribution >= 0.6 is 0 Å². The van der Waals surface area contributed by atoms with Crippen molar-refractivity contribution in [3.63, 3.8) is 0 Å². The van der Waals surface area contributed by atoms with Gasteiger partial charge in [0.1, 0.15) is 0 Å². The molecule has 3 nitrogen and oxygen atoms in total. The zero-order chi connectivity index (χ0) is 13.8. The summed E-state index contributed by atoms with van der Waals surface area (Å²) in [6.45, 7) is 3.42. The van der Waals surface area contributed by atoms with Gasteiger partial charge in [-0.05, 0) is 38.8 Å². The SMILES string of the molecule is CC=CC(C#CC=CC(C)=O)CCCC(=O)OC. The smallest absolute Gasteiger partial charge is 0.305 e. The third-order valence-corrected chi connectivity index (χ3v) is 2.22. The van der Waals surface area contributed by atoms with Gasteiger partial charge in [0.25, 0.3) is 0 Å². The first-order valence-electron chi connectivity index (χ1n) is 5.98. The second-order valence-corrected chi connectivity index (χ2v) is 3.83. The van der Waals surface area contributed by atoms with E-state index in [-0.39, 0.29) is 17.7 Å². The molecule has 0 amide bonds. The number of allylic oxidation sites excluding steroid dienone is 4. The Morgan fingerprint density at radius 3 is 2.67 bits per heavy atom. The van der Waals surface area contributed by atoms with Crippen molar-refractivity contribution in [3.8, 4) is 11.8 Å². The second-order valence-electron chi connectivity index (χ2n) is 3.83. The van der Waals surface area contributed by atoms with Gasteiger partial charge in [-0.25, -0.2) is 0 Å². The van der Waals surface area contributed by atoms with Gasteiger partial charge >= 0.3 is 5.97 Å². The Bertz CT molecular complexity index is 380. The van der Waals surface area contributed by atoms with Gasteiger partial charge in [0.05, 0.1) is 7.11 Å². The zero-order valence-electron chi connectivity index (χ0n) is 11.2. The van der Waals surface area contributed by atoms with Crippen molar-refractivity contribution in [2.24, 2.45) is 5.92 Å². The lowest BCUT2D eigenvalue weighted by Gasteiger charge is -2.04. The molecule has 1 unspecified atom stereocenters. The average Bonchev–Trinajstić information content (AvgIpc) is 2.33. The molecular weight excluding hydrogens is 228 g/mol. The van der Waals surface area contributed by atoms with Crippen LogP contribution in [0.4, 0.5) is 0 Å². The lowest BCUT2D eigenvalue weighted by atomic mass is 10.0. The topological polar surface area (TPSA) is 43.4 Å². The predicted octanol–water partition coefficient (Wildman–Crippen LogP) is 2.67. The van der Waals surface area contributed by atoms with E-state index in [2.05, 4.69) is 16.6 Å². The molecule has 0 radical (unpaired) electrons. The molecule has 0 N–H and O–H groups in total. The van der Waals surface area contributed by atoms with Crippen LogP contribution in [0.25, 0.3) is 0 Å². The van der Waals surface area contributed by atoms with Crippen LogP contribution in [0.15, 0.2) is 24.3 Å². The summed E-state index contributed by atoms with van der Waals surface area (Å²) >= 11 is 0. The van der Waals surface area contributed by atoms with Crippen LogP contribution in [0.3, 0.4) is 0 Å². The summed E-state index contributed by atoms with van der Waals surface area (Å²) in [6, 6.07) is 0. The summed E-state index contributed by atoms with van der Waals surface area (Å²) in [5.41, 5.74) is 0. The molecule has 0 heterocycles. The Morgan fingerprint density at radius 2 is 2.11 bits per heavy atom. The Hall–Kier alpha value is -1.82. The molecular formula is C15H20O3. The molecule has 0 aromatic carbocycles. The highest BCUT2D eigenvalue weighted by molar-refractivity contribution is 5.87. The second kappa shape index (κ2) is 10.3. The van der Waals surface area contributed by atoms with Crippen molar-refractivity contribution >= 4 is 11.8 Å². The highest BCUT2D eigenvalue weighted by Gasteiger charge is 2.03. The Kier molecular flexibility index (Phi) is 9.30.